The van der Waals surface area contributed by atoms with Gasteiger partial charge in [0.05, 0.1) is 12.3 Å². The van der Waals surface area contributed by atoms with Crippen LogP contribution in [0.4, 0.5) is 5.69 Å². The maximum atomic E-state index is 12.5. The molecule has 7 nitrogen and oxygen atoms in total. The van der Waals surface area contributed by atoms with Gasteiger partial charge >= 0.3 is 6.01 Å². The number of carbonyl (C=O) groups excluding carboxylic acids is 1. The highest BCUT2D eigenvalue weighted by atomic mass is 16.5. The average molecular weight is 443 g/mol. The molecule has 1 heterocycles. The minimum atomic E-state index is -0.155. The molecule has 4 aromatic rings. The summed E-state index contributed by atoms with van der Waals surface area (Å²) in [6, 6.07) is 23.2. The Kier molecular flexibility index (Phi) is 6.80. The Bertz CT molecular complexity index is 1230. The molecule has 0 radical (unpaired) electrons. The minimum Gasteiger partial charge on any atom is -0.460 e. The smallest absolute Gasteiger partial charge is 0.336 e. The molecule has 3 aromatic carbocycles. The second-order valence-electron chi connectivity index (χ2n) is 7.65. The first-order chi connectivity index (χ1) is 16.0. The lowest BCUT2D eigenvalue weighted by atomic mass is 10.1. The SMILES string of the molecule is COCCOc1nc(-c2ccccc2C)n(-c2ccc(NC(=O)c3ccc(C)cc3)cc2)n1. The lowest BCUT2D eigenvalue weighted by Gasteiger charge is -2.10. The van der Waals surface area contributed by atoms with E-state index in [9.17, 15) is 4.79 Å². The normalized spacial score (nSPS) is 10.8. The molecule has 0 saturated heterocycles. The minimum absolute atomic E-state index is 0.155. The predicted octanol–water partition coefficient (Wildman–Crippen LogP) is 4.83. The van der Waals surface area contributed by atoms with Gasteiger partial charge in [0.15, 0.2) is 5.82 Å². The fourth-order valence-corrected chi connectivity index (χ4v) is 3.34. The Morgan fingerprint density at radius 1 is 0.939 bits per heavy atom. The van der Waals surface area contributed by atoms with Crippen molar-refractivity contribution in [1.82, 2.24) is 14.8 Å². The summed E-state index contributed by atoms with van der Waals surface area (Å²) in [6.45, 7) is 4.83. The van der Waals surface area contributed by atoms with Gasteiger partial charge in [0, 0.05) is 23.9 Å². The van der Waals surface area contributed by atoms with Crippen LogP contribution in [-0.2, 0) is 4.74 Å². The van der Waals surface area contributed by atoms with Crippen molar-refractivity contribution in [3.63, 3.8) is 0 Å². The second kappa shape index (κ2) is 10.1. The van der Waals surface area contributed by atoms with Crippen LogP contribution < -0.4 is 10.1 Å². The number of amides is 1. The molecule has 0 atom stereocenters. The van der Waals surface area contributed by atoms with Gasteiger partial charge in [-0.2, -0.15) is 4.98 Å². The number of benzene rings is 3. The van der Waals surface area contributed by atoms with E-state index in [4.69, 9.17) is 9.47 Å². The molecule has 1 aromatic heterocycles. The molecular weight excluding hydrogens is 416 g/mol. The van der Waals surface area contributed by atoms with Crippen molar-refractivity contribution in [2.75, 3.05) is 25.6 Å². The molecular formula is C26H26N4O3. The van der Waals surface area contributed by atoms with Gasteiger partial charge < -0.3 is 14.8 Å². The van der Waals surface area contributed by atoms with E-state index >= 15 is 0 Å². The lowest BCUT2D eigenvalue weighted by molar-refractivity contribution is 0.102. The van der Waals surface area contributed by atoms with E-state index in [0.717, 1.165) is 22.4 Å². The van der Waals surface area contributed by atoms with Crippen molar-refractivity contribution in [3.05, 3.63) is 89.5 Å². The summed E-state index contributed by atoms with van der Waals surface area (Å²) in [5.41, 5.74) is 5.26. The van der Waals surface area contributed by atoms with Crippen LogP contribution in [0.15, 0.2) is 72.8 Å². The first-order valence-corrected chi connectivity index (χ1v) is 10.7. The van der Waals surface area contributed by atoms with Gasteiger partial charge in [-0.05, 0) is 55.8 Å². The monoisotopic (exact) mass is 442 g/mol. The van der Waals surface area contributed by atoms with Crippen molar-refractivity contribution in [2.45, 2.75) is 13.8 Å². The van der Waals surface area contributed by atoms with Crippen LogP contribution >= 0.6 is 0 Å². The Hall–Kier alpha value is -3.97. The molecule has 0 unspecified atom stereocenters. The zero-order valence-electron chi connectivity index (χ0n) is 18.9. The average Bonchev–Trinajstić information content (AvgIpc) is 3.24. The molecule has 0 aliphatic rings. The van der Waals surface area contributed by atoms with Gasteiger partial charge in [0.1, 0.15) is 6.61 Å². The summed E-state index contributed by atoms with van der Waals surface area (Å²) in [5, 5.41) is 7.49. The topological polar surface area (TPSA) is 78.3 Å². The Balaban J connectivity index is 1.60. The van der Waals surface area contributed by atoms with E-state index in [1.54, 1.807) is 11.8 Å². The molecule has 1 amide bonds. The summed E-state index contributed by atoms with van der Waals surface area (Å²) in [5.74, 6) is 0.523. The van der Waals surface area contributed by atoms with Crippen molar-refractivity contribution in [3.8, 4) is 23.1 Å². The summed E-state index contributed by atoms with van der Waals surface area (Å²) in [4.78, 5) is 17.1. The van der Waals surface area contributed by atoms with Crippen LogP contribution in [0.3, 0.4) is 0 Å². The number of methoxy groups -OCH3 is 1. The number of nitrogens with one attached hydrogen (secondary N) is 1. The predicted molar refractivity (Wildman–Crippen MR) is 128 cm³/mol. The summed E-state index contributed by atoms with van der Waals surface area (Å²) < 4.78 is 12.5. The largest absolute Gasteiger partial charge is 0.460 e. The Labute approximate surface area is 193 Å². The van der Waals surface area contributed by atoms with Gasteiger partial charge in [0.25, 0.3) is 5.91 Å². The Morgan fingerprint density at radius 2 is 1.67 bits per heavy atom. The third kappa shape index (κ3) is 5.27. The molecule has 33 heavy (non-hydrogen) atoms. The third-order valence-corrected chi connectivity index (χ3v) is 5.18. The maximum absolute atomic E-state index is 12.5. The number of hydrogen-bond acceptors (Lipinski definition) is 5. The quantitative estimate of drug-likeness (QED) is 0.396. The van der Waals surface area contributed by atoms with Crippen molar-refractivity contribution < 1.29 is 14.3 Å². The van der Waals surface area contributed by atoms with E-state index in [0.29, 0.717) is 30.3 Å². The number of nitrogens with zero attached hydrogens (tertiary/aromatic N) is 3. The first kappa shape index (κ1) is 22.2. The van der Waals surface area contributed by atoms with Crippen molar-refractivity contribution in [1.29, 1.82) is 0 Å². The van der Waals surface area contributed by atoms with Gasteiger partial charge in [0.2, 0.25) is 0 Å². The molecule has 0 spiro atoms. The zero-order chi connectivity index (χ0) is 23.2. The van der Waals surface area contributed by atoms with Crippen molar-refractivity contribution in [2.24, 2.45) is 0 Å². The summed E-state index contributed by atoms with van der Waals surface area (Å²) >= 11 is 0. The first-order valence-electron chi connectivity index (χ1n) is 10.7. The second-order valence-corrected chi connectivity index (χ2v) is 7.65. The van der Waals surface area contributed by atoms with Crippen LogP contribution in [-0.4, -0.2) is 41.0 Å². The van der Waals surface area contributed by atoms with Crippen LogP contribution in [0.2, 0.25) is 0 Å². The third-order valence-electron chi connectivity index (χ3n) is 5.18. The van der Waals surface area contributed by atoms with Gasteiger partial charge in [-0.25, -0.2) is 4.68 Å². The molecule has 1 N–H and O–H groups in total. The Morgan fingerprint density at radius 3 is 2.36 bits per heavy atom. The molecule has 0 aliphatic carbocycles. The number of carbonyl (C=O) groups is 1. The molecule has 0 fully saturated rings. The van der Waals surface area contributed by atoms with Gasteiger partial charge in [-0.3, -0.25) is 4.79 Å². The summed E-state index contributed by atoms with van der Waals surface area (Å²) in [6.07, 6.45) is 0. The van der Waals surface area contributed by atoms with Gasteiger partial charge in [-0.1, -0.05) is 42.0 Å². The van der Waals surface area contributed by atoms with E-state index < -0.39 is 0 Å². The highest BCUT2D eigenvalue weighted by Crippen LogP contribution is 2.27. The fraction of sp³-hybridized carbons (Fsp3) is 0.192. The highest BCUT2D eigenvalue weighted by Gasteiger charge is 2.16. The van der Waals surface area contributed by atoms with E-state index in [1.807, 2.05) is 86.6 Å². The zero-order valence-corrected chi connectivity index (χ0v) is 18.9. The number of ether oxygens (including phenoxy) is 2. The van der Waals surface area contributed by atoms with Crippen LogP contribution in [0, 0.1) is 13.8 Å². The number of anilines is 1. The molecule has 7 heteroatoms. The number of aryl methyl sites for hydroxylation is 2. The van der Waals surface area contributed by atoms with E-state index in [1.165, 1.54) is 0 Å². The standard InChI is InChI=1S/C26H26N4O3/c1-18-8-10-20(11-9-18)25(31)27-21-12-14-22(15-13-21)30-24(23-7-5-4-6-19(23)2)28-26(29-30)33-17-16-32-3/h4-15H,16-17H2,1-3H3,(H,27,31). The van der Waals surface area contributed by atoms with Crippen LogP contribution in [0.25, 0.3) is 17.1 Å². The number of rotatable bonds is 8. The molecule has 0 bridgehead atoms. The molecule has 0 saturated carbocycles. The maximum Gasteiger partial charge on any atom is 0.336 e. The molecule has 168 valence electrons. The number of hydrogen-bond donors (Lipinski definition) is 1. The highest BCUT2D eigenvalue weighted by molar-refractivity contribution is 6.04. The fourth-order valence-electron chi connectivity index (χ4n) is 3.34. The van der Waals surface area contributed by atoms with E-state index in [-0.39, 0.29) is 11.9 Å². The summed E-state index contributed by atoms with van der Waals surface area (Å²) in [7, 11) is 1.62. The molecule has 4 rings (SSSR count). The van der Waals surface area contributed by atoms with Crippen LogP contribution in [0.5, 0.6) is 6.01 Å². The molecule has 0 aliphatic heterocycles. The number of aromatic nitrogens is 3. The van der Waals surface area contributed by atoms with Gasteiger partial charge in [-0.15, -0.1) is 5.10 Å². The van der Waals surface area contributed by atoms with E-state index in [2.05, 4.69) is 15.4 Å². The van der Waals surface area contributed by atoms with Crippen molar-refractivity contribution >= 4 is 11.6 Å². The van der Waals surface area contributed by atoms with Crippen LogP contribution in [0.1, 0.15) is 21.5 Å². The lowest BCUT2D eigenvalue weighted by Crippen LogP contribution is -2.11.